The fraction of sp³-hybridized carbons (Fsp3) is 0.565. The molecule has 7 heteroatoms. The van der Waals surface area contributed by atoms with Crippen LogP contribution in [0.4, 0.5) is 4.79 Å². The molecule has 1 aromatic carbocycles. The molecule has 0 saturated heterocycles. The van der Waals surface area contributed by atoms with Crippen LogP contribution in [0.2, 0.25) is 5.02 Å². The van der Waals surface area contributed by atoms with E-state index in [1.807, 2.05) is 57.2 Å². The Morgan fingerprint density at radius 3 is 2.43 bits per heavy atom. The van der Waals surface area contributed by atoms with E-state index >= 15 is 0 Å². The van der Waals surface area contributed by atoms with E-state index in [2.05, 4.69) is 10.6 Å². The first-order valence-corrected chi connectivity index (χ1v) is 10.8. The van der Waals surface area contributed by atoms with Crippen LogP contribution < -0.4 is 10.6 Å². The lowest BCUT2D eigenvalue weighted by Gasteiger charge is -2.37. The van der Waals surface area contributed by atoms with Gasteiger partial charge in [-0.2, -0.15) is 0 Å². The second kappa shape index (κ2) is 10.8. The van der Waals surface area contributed by atoms with Crippen molar-refractivity contribution in [2.45, 2.75) is 57.7 Å². The van der Waals surface area contributed by atoms with E-state index in [1.54, 1.807) is 19.0 Å². The molecule has 0 unspecified atom stereocenters. The van der Waals surface area contributed by atoms with E-state index in [0.29, 0.717) is 18.0 Å². The number of hydrogen-bond acceptors (Lipinski definition) is 4. The van der Waals surface area contributed by atoms with Crippen LogP contribution in [0.25, 0.3) is 6.08 Å². The summed E-state index contributed by atoms with van der Waals surface area (Å²) >= 11 is 5.92. The van der Waals surface area contributed by atoms with E-state index in [4.69, 9.17) is 16.3 Å². The van der Waals surface area contributed by atoms with Gasteiger partial charge in [0.2, 0.25) is 5.91 Å². The highest BCUT2D eigenvalue weighted by atomic mass is 35.5. The summed E-state index contributed by atoms with van der Waals surface area (Å²) in [6.07, 6.45) is 5.82. The first-order chi connectivity index (χ1) is 14.0. The molecular weight excluding hydrogens is 402 g/mol. The van der Waals surface area contributed by atoms with Crippen LogP contribution in [0.3, 0.4) is 0 Å². The van der Waals surface area contributed by atoms with Crippen molar-refractivity contribution in [2.24, 2.45) is 5.92 Å². The first-order valence-electron chi connectivity index (χ1n) is 10.4. The van der Waals surface area contributed by atoms with Gasteiger partial charge >= 0.3 is 6.09 Å². The SMILES string of the molecule is CN(C)C(=O)[C@H]1CC[C@H](NC/C=C/c2ccc(Cl)cc2)[C@H](NC(=O)OC(C)(C)C)C1. The smallest absolute Gasteiger partial charge is 0.407 e. The van der Waals surface area contributed by atoms with Crippen molar-refractivity contribution < 1.29 is 14.3 Å². The van der Waals surface area contributed by atoms with Crippen LogP contribution in [-0.4, -0.2) is 55.2 Å². The number of halogens is 1. The van der Waals surface area contributed by atoms with Crippen LogP contribution in [0.1, 0.15) is 45.6 Å². The molecule has 1 aliphatic rings. The normalized spacial score (nSPS) is 22.0. The first kappa shape index (κ1) is 24.2. The second-order valence-electron chi connectivity index (χ2n) is 8.96. The summed E-state index contributed by atoms with van der Waals surface area (Å²) in [6.45, 7) is 6.17. The summed E-state index contributed by atoms with van der Waals surface area (Å²) in [7, 11) is 3.54. The van der Waals surface area contributed by atoms with Gasteiger partial charge in [-0.15, -0.1) is 0 Å². The highest BCUT2D eigenvalue weighted by Crippen LogP contribution is 2.26. The molecular formula is C23H34ClN3O3. The number of hydrogen-bond donors (Lipinski definition) is 2. The van der Waals surface area contributed by atoms with Crippen molar-refractivity contribution in [3.63, 3.8) is 0 Å². The quantitative estimate of drug-likeness (QED) is 0.705. The fourth-order valence-corrected chi connectivity index (χ4v) is 3.74. The molecule has 2 N–H and O–H groups in total. The number of nitrogens with zero attached hydrogens (tertiary/aromatic N) is 1. The van der Waals surface area contributed by atoms with Gasteiger partial charge in [-0.3, -0.25) is 4.79 Å². The number of rotatable bonds is 6. The van der Waals surface area contributed by atoms with Crippen LogP contribution in [0, 0.1) is 5.92 Å². The molecule has 2 rings (SSSR count). The largest absolute Gasteiger partial charge is 0.444 e. The van der Waals surface area contributed by atoms with Crippen molar-refractivity contribution in [3.8, 4) is 0 Å². The fourth-order valence-electron chi connectivity index (χ4n) is 3.61. The Kier molecular flexibility index (Phi) is 8.74. The van der Waals surface area contributed by atoms with Gasteiger partial charge in [0, 0.05) is 43.7 Å². The molecule has 1 saturated carbocycles. The van der Waals surface area contributed by atoms with Crippen LogP contribution in [-0.2, 0) is 9.53 Å². The average Bonchev–Trinajstić information content (AvgIpc) is 2.65. The van der Waals surface area contributed by atoms with Crippen molar-refractivity contribution >= 4 is 29.7 Å². The number of carbonyl (C=O) groups excluding carboxylic acids is 2. The number of amides is 2. The number of alkyl carbamates (subject to hydrolysis) is 1. The summed E-state index contributed by atoms with van der Waals surface area (Å²) in [5, 5.41) is 7.20. The Hall–Kier alpha value is -2.05. The molecule has 30 heavy (non-hydrogen) atoms. The van der Waals surface area contributed by atoms with E-state index in [0.717, 1.165) is 18.4 Å². The highest BCUT2D eigenvalue weighted by molar-refractivity contribution is 6.30. The third-order valence-electron chi connectivity index (χ3n) is 5.02. The summed E-state index contributed by atoms with van der Waals surface area (Å²) in [5.74, 6) is 0.00895. The zero-order valence-electron chi connectivity index (χ0n) is 18.6. The Morgan fingerprint density at radius 1 is 1.17 bits per heavy atom. The van der Waals surface area contributed by atoms with Gasteiger partial charge in [0.1, 0.15) is 5.60 Å². The van der Waals surface area contributed by atoms with Crippen molar-refractivity contribution in [3.05, 3.63) is 40.9 Å². The van der Waals surface area contributed by atoms with Crippen molar-refractivity contribution in [2.75, 3.05) is 20.6 Å². The number of ether oxygens (including phenoxy) is 1. The molecule has 1 aromatic rings. The third-order valence-corrected chi connectivity index (χ3v) is 5.27. The molecule has 6 nitrogen and oxygen atoms in total. The Bertz CT molecular complexity index is 741. The van der Waals surface area contributed by atoms with Gasteiger partial charge in [-0.25, -0.2) is 4.79 Å². The van der Waals surface area contributed by atoms with Gasteiger partial charge in [0.15, 0.2) is 0 Å². The van der Waals surface area contributed by atoms with Crippen LogP contribution in [0.5, 0.6) is 0 Å². The molecule has 0 aromatic heterocycles. The van der Waals surface area contributed by atoms with E-state index in [1.165, 1.54) is 0 Å². The summed E-state index contributed by atoms with van der Waals surface area (Å²) in [4.78, 5) is 26.4. The Labute approximate surface area is 185 Å². The monoisotopic (exact) mass is 435 g/mol. The Balaban J connectivity index is 1.98. The summed E-state index contributed by atoms with van der Waals surface area (Å²) in [5.41, 5.74) is 0.506. The van der Waals surface area contributed by atoms with E-state index in [9.17, 15) is 9.59 Å². The minimum Gasteiger partial charge on any atom is -0.444 e. The molecule has 0 heterocycles. The molecule has 3 atom stereocenters. The number of benzene rings is 1. The minimum absolute atomic E-state index is 0.0681. The predicted molar refractivity (Wildman–Crippen MR) is 121 cm³/mol. The molecule has 166 valence electrons. The van der Waals surface area contributed by atoms with Gasteiger partial charge in [-0.1, -0.05) is 35.9 Å². The van der Waals surface area contributed by atoms with E-state index in [-0.39, 0.29) is 23.9 Å². The summed E-state index contributed by atoms with van der Waals surface area (Å²) < 4.78 is 5.43. The molecule has 1 aliphatic carbocycles. The molecule has 0 spiro atoms. The van der Waals surface area contributed by atoms with Crippen LogP contribution >= 0.6 is 11.6 Å². The lowest BCUT2D eigenvalue weighted by atomic mass is 9.81. The van der Waals surface area contributed by atoms with Gasteiger partial charge in [0.25, 0.3) is 0 Å². The lowest BCUT2D eigenvalue weighted by Crippen LogP contribution is -2.55. The zero-order valence-corrected chi connectivity index (χ0v) is 19.3. The lowest BCUT2D eigenvalue weighted by molar-refractivity contribution is -0.134. The maximum absolute atomic E-state index is 12.4. The van der Waals surface area contributed by atoms with Crippen molar-refractivity contribution in [1.82, 2.24) is 15.5 Å². The zero-order chi connectivity index (χ0) is 22.3. The second-order valence-corrected chi connectivity index (χ2v) is 9.40. The Morgan fingerprint density at radius 2 is 1.83 bits per heavy atom. The summed E-state index contributed by atoms with van der Waals surface area (Å²) in [6, 6.07) is 7.54. The number of nitrogens with one attached hydrogen (secondary N) is 2. The average molecular weight is 436 g/mol. The maximum atomic E-state index is 12.4. The van der Waals surface area contributed by atoms with Gasteiger partial charge in [-0.05, 0) is 57.7 Å². The molecule has 0 aliphatic heterocycles. The van der Waals surface area contributed by atoms with E-state index < -0.39 is 11.7 Å². The minimum atomic E-state index is -0.568. The predicted octanol–water partition coefficient (Wildman–Crippen LogP) is 4.09. The topological polar surface area (TPSA) is 70.7 Å². The third kappa shape index (κ3) is 8.00. The molecule has 1 fully saturated rings. The standard InChI is InChI=1S/C23H34ClN3O3/c1-23(2,3)30-22(29)26-20-15-17(21(28)27(4)5)10-13-19(20)25-14-6-7-16-8-11-18(24)12-9-16/h6-9,11-12,17,19-20,25H,10,13-15H2,1-5H3,(H,26,29)/b7-6+/t17-,19-,20+/m0/s1. The van der Waals surface area contributed by atoms with Gasteiger partial charge < -0.3 is 20.3 Å². The number of carbonyl (C=O) groups is 2. The van der Waals surface area contributed by atoms with Crippen molar-refractivity contribution in [1.29, 1.82) is 0 Å². The molecule has 0 bridgehead atoms. The molecule has 0 radical (unpaired) electrons. The highest BCUT2D eigenvalue weighted by Gasteiger charge is 2.35. The molecule has 2 amide bonds. The van der Waals surface area contributed by atoms with Gasteiger partial charge in [0.05, 0.1) is 0 Å². The maximum Gasteiger partial charge on any atom is 0.407 e. The van der Waals surface area contributed by atoms with Crippen LogP contribution in [0.15, 0.2) is 30.3 Å².